The zero-order valence-corrected chi connectivity index (χ0v) is 16.3. The van der Waals surface area contributed by atoms with Crippen molar-refractivity contribution in [1.82, 2.24) is 26.2 Å². The highest BCUT2D eigenvalue weighted by Gasteiger charge is 2.36. The van der Waals surface area contributed by atoms with E-state index >= 15 is 0 Å². The molecule has 0 bridgehead atoms. The number of carbonyl (C=O) groups excluding carboxylic acids is 1. The summed E-state index contributed by atoms with van der Waals surface area (Å²) < 4.78 is 0. The first kappa shape index (κ1) is 19.1. The van der Waals surface area contributed by atoms with Crippen molar-refractivity contribution in [2.75, 3.05) is 38.0 Å². The summed E-state index contributed by atoms with van der Waals surface area (Å²) in [6.45, 7) is 13.3. The molecule has 1 amide bonds. The Balaban J connectivity index is 1.57. The second-order valence-electron chi connectivity index (χ2n) is 7.83. The molecule has 0 radical (unpaired) electrons. The van der Waals surface area contributed by atoms with Gasteiger partial charge in [0.25, 0.3) is 0 Å². The summed E-state index contributed by atoms with van der Waals surface area (Å²) in [4.78, 5) is 17.4. The lowest BCUT2D eigenvalue weighted by atomic mass is 10.1. The monoisotopic (exact) mass is 360 g/mol. The van der Waals surface area contributed by atoms with E-state index in [1.54, 1.807) is 0 Å². The minimum Gasteiger partial charge on any atom is -0.367 e. The fourth-order valence-electron chi connectivity index (χ4n) is 3.56. The van der Waals surface area contributed by atoms with E-state index in [0.29, 0.717) is 5.92 Å². The van der Waals surface area contributed by atoms with Crippen LogP contribution in [0.15, 0.2) is 18.2 Å². The number of hydrogen-bond acceptors (Lipinski definition) is 6. The lowest BCUT2D eigenvalue weighted by Gasteiger charge is -2.37. The number of hydrazine groups is 2. The number of carbonyl (C=O) groups is 1. The maximum Gasteiger partial charge on any atom is 0.244 e. The van der Waals surface area contributed by atoms with Crippen LogP contribution in [0.3, 0.4) is 0 Å². The first-order valence-electron chi connectivity index (χ1n) is 9.55. The first-order chi connectivity index (χ1) is 12.4. The summed E-state index contributed by atoms with van der Waals surface area (Å²) in [7, 11) is 0. The average Bonchev–Trinajstić information content (AvgIpc) is 3.06. The fourth-order valence-corrected chi connectivity index (χ4v) is 3.56. The van der Waals surface area contributed by atoms with Gasteiger partial charge in [0.05, 0.1) is 0 Å². The Kier molecular flexibility index (Phi) is 6.13. The molecule has 0 aromatic heterocycles. The van der Waals surface area contributed by atoms with Gasteiger partial charge in [-0.1, -0.05) is 19.9 Å². The van der Waals surface area contributed by atoms with Gasteiger partial charge in [-0.25, -0.2) is 10.9 Å². The van der Waals surface area contributed by atoms with Crippen LogP contribution >= 0.6 is 0 Å². The largest absolute Gasteiger partial charge is 0.367 e. The number of anilines is 1. The summed E-state index contributed by atoms with van der Waals surface area (Å²) in [6.07, 6.45) is -0.196. The van der Waals surface area contributed by atoms with Crippen LogP contribution in [0.1, 0.15) is 25.0 Å². The van der Waals surface area contributed by atoms with Gasteiger partial charge in [0, 0.05) is 38.4 Å². The third-order valence-electron chi connectivity index (χ3n) is 5.19. The van der Waals surface area contributed by atoms with Crippen molar-refractivity contribution in [3.8, 4) is 0 Å². The zero-order valence-electron chi connectivity index (χ0n) is 16.3. The lowest BCUT2D eigenvalue weighted by molar-refractivity contribution is -0.135. The highest BCUT2D eigenvalue weighted by atomic mass is 16.2. The van der Waals surface area contributed by atoms with Crippen LogP contribution in [0.2, 0.25) is 0 Å². The average molecular weight is 361 g/mol. The molecule has 26 heavy (non-hydrogen) atoms. The van der Waals surface area contributed by atoms with E-state index < -0.39 is 0 Å². The number of nitrogens with zero attached hydrogens (tertiary/aromatic N) is 2. The molecule has 1 aromatic carbocycles. The Labute approximate surface area is 156 Å². The first-order valence-corrected chi connectivity index (χ1v) is 9.55. The van der Waals surface area contributed by atoms with Crippen LogP contribution in [-0.2, 0) is 4.79 Å². The fraction of sp³-hybridized carbons (Fsp3) is 0.632. The van der Waals surface area contributed by atoms with Gasteiger partial charge >= 0.3 is 0 Å². The molecule has 7 nitrogen and oxygen atoms in total. The topological polar surface area (TPSA) is 71.7 Å². The van der Waals surface area contributed by atoms with E-state index in [1.165, 1.54) is 11.1 Å². The summed E-state index contributed by atoms with van der Waals surface area (Å²) >= 11 is 0. The van der Waals surface area contributed by atoms with Crippen LogP contribution < -0.4 is 21.7 Å². The van der Waals surface area contributed by atoms with E-state index in [9.17, 15) is 4.79 Å². The molecule has 2 aliphatic heterocycles. The number of benzene rings is 1. The Hall–Kier alpha value is -1.67. The normalized spacial score (nSPS) is 24.3. The number of hydrogen-bond donors (Lipinski definition) is 4. The molecular weight excluding hydrogens is 328 g/mol. The van der Waals surface area contributed by atoms with Crippen LogP contribution in [0.25, 0.3) is 0 Å². The summed E-state index contributed by atoms with van der Waals surface area (Å²) in [5.41, 5.74) is 12.6. The standard InChI is InChI=1S/C19H32N6O/c1-13(2)12-24-7-9-25(10-8-24)19(26)17-18(22-23-21-17)20-16-6-5-14(3)15(4)11-16/h5-6,11,13,17-18,20-23H,7-10,12H2,1-4H3. The molecular formula is C19H32N6O. The Morgan fingerprint density at radius 1 is 1.15 bits per heavy atom. The van der Waals surface area contributed by atoms with Crippen molar-refractivity contribution in [2.45, 2.75) is 39.9 Å². The highest BCUT2D eigenvalue weighted by Crippen LogP contribution is 2.17. The summed E-state index contributed by atoms with van der Waals surface area (Å²) in [5, 5.41) is 3.42. The Morgan fingerprint density at radius 3 is 2.54 bits per heavy atom. The number of piperazine rings is 1. The van der Waals surface area contributed by atoms with Gasteiger partial charge in [0.15, 0.2) is 0 Å². The number of rotatable bonds is 5. The highest BCUT2D eigenvalue weighted by molar-refractivity contribution is 5.83. The van der Waals surface area contributed by atoms with Gasteiger partial charge in [-0.15, -0.1) is 0 Å². The Bertz CT molecular complexity index is 626. The van der Waals surface area contributed by atoms with Gasteiger partial charge in [-0.05, 0) is 43.0 Å². The SMILES string of the molecule is Cc1ccc(NC2NNNC2C(=O)N2CCN(CC(C)C)CC2)cc1C. The predicted octanol–water partition coefficient (Wildman–Crippen LogP) is 0.823. The molecule has 4 N–H and O–H groups in total. The maximum absolute atomic E-state index is 13.0. The number of aryl methyl sites for hydroxylation is 2. The zero-order chi connectivity index (χ0) is 18.7. The minimum atomic E-state index is -0.340. The molecule has 0 aliphatic carbocycles. The maximum atomic E-state index is 13.0. The van der Waals surface area contributed by atoms with Crippen LogP contribution in [0, 0.1) is 19.8 Å². The van der Waals surface area contributed by atoms with Crippen molar-refractivity contribution < 1.29 is 4.79 Å². The number of nitrogens with one attached hydrogen (secondary N) is 4. The third kappa shape index (κ3) is 4.54. The molecule has 2 fully saturated rings. The minimum absolute atomic E-state index is 0.132. The summed E-state index contributed by atoms with van der Waals surface area (Å²) in [6, 6.07) is 5.92. The molecule has 2 aliphatic rings. The van der Waals surface area contributed by atoms with Crippen molar-refractivity contribution >= 4 is 11.6 Å². The molecule has 2 atom stereocenters. The van der Waals surface area contributed by atoms with Crippen LogP contribution in [0.5, 0.6) is 0 Å². The second-order valence-corrected chi connectivity index (χ2v) is 7.83. The smallest absolute Gasteiger partial charge is 0.244 e. The van der Waals surface area contributed by atoms with E-state index in [1.807, 2.05) is 4.90 Å². The molecule has 1 aromatic rings. The van der Waals surface area contributed by atoms with E-state index in [-0.39, 0.29) is 18.1 Å². The number of amides is 1. The second kappa shape index (κ2) is 8.35. The quantitative estimate of drug-likeness (QED) is 0.623. The molecule has 2 heterocycles. The van der Waals surface area contributed by atoms with Crippen molar-refractivity contribution in [3.63, 3.8) is 0 Å². The van der Waals surface area contributed by atoms with E-state index in [2.05, 4.69) is 72.5 Å². The molecule has 0 saturated carbocycles. The van der Waals surface area contributed by atoms with Gasteiger partial charge in [-0.3, -0.25) is 9.69 Å². The van der Waals surface area contributed by atoms with Gasteiger partial charge in [0.1, 0.15) is 12.2 Å². The van der Waals surface area contributed by atoms with Crippen molar-refractivity contribution in [3.05, 3.63) is 29.3 Å². The lowest BCUT2D eigenvalue weighted by Crippen LogP contribution is -2.57. The van der Waals surface area contributed by atoms with Crippen LogP contribution in [0.4, 0.5) is 5.69 Å². The molecule has 2 unspecified atom stereocenters. The third-order valence-corrected chi connectivity index (χ3v) is 5.19. The Morgan fingerprint density at radius 2 is 1.88 bits per heavy atom. The van der Waals surface area contributed by atoms with Crippen LogP contribution in [-0.4, -0.2) is 60.6 Å². The molecule has 2 saturated heterocycles. The van der Waals surface area contributed by atoms with E-state index in [4.69, 9.17) is 0 Å². The van der Waals surface area contributed by atoms with E-state index in [0.717, 1.165) is 38.4 Å². The van der Waals surface area contributed by atoms with Crippen molar-refractivity contribution in [2.24, 2.45) is 5.92 Å². The van der Waals surface area contributed by atoms with Gasteiger partial charge < -0.3 is 10.2 Å². The molecule has 7 heteroatoms. The molecule has 0 spiro atoms. The van der Waals surface area contributed by atoms with Gasteiger partial charge in [-0.2, -0.15) is 5.53 Å². The van der Waals surface area contributed by atoms with Crippen molar-refractivity contribution in [1.29, 1.82) is 0 Å². The molecule has 3 rings (SSSR count). The molecule has 144 valence electrons. The van der Waals surface area contributed by atoms with Gasteiger partial charge in [0.2, 0.25) is 5.91 Å². The summed E-state index contributed by atoms with van der Waals surface area (Å²) in [5.74, 6) is 0.793. The predicted molar refractivity (Wildman–Crippen MR) is 104 cm³/mol.